The largest absolute Gasteiger partial charge is 0.326 e. The predicted octanol–water partition coefficient (Wildman–Crippen LogP) is 2.91. The molecule has 0 aliphatic heterocycles. The molecule has 2 aromatic heterocycles. The van der Waals surface area contributed by atoms with E-state index in [1.54, 1.807) is 11.3 Å². The molecule has 2 N–H and O–H groups in total. The van der Waals surface area contributed by atoms with Crippen molar-refractivity contribution < 1.29 is 0 Å². The van der Waals surface area contributed by atoms with Crippen molar-refractivity contribution in [1.82, 2.24) is 4.98 Å². The van der Waals surface area contributed by atoms with Crippen LogP contribution in [0.5, 0.6) is 0 Å². The normalized spacial score (nSPS) is 11.3. The van der Waals surface area contributed by atoms with Crippen LogP contribution in [0, 0.1) is 0 Å². The minimum atomic E-state index is 0.547. The molecule has 0 unspecified atom stereocenters. The summed E-state index contributed by atoms with van der Waals surface area (Å²) in [5.41, 5.74) is 6.86. The SMILES string of the molecule is NCc1cncc2sc3ccccc3c12. The van der Waals surface area contributed by atoms with Crippen LogP contribution in [0.1, 0.15) is 5.56 Å². The lowest BCUT2D eigenvalue weighted by Crippen LogP contribution is -1.96. The molecule has 0 saturated heterocycles. The Morgan fingerprint density at radius 1 is 1.13 bits per heavy atom. The third-order valence-electron chi connectivity index (χ3n) is 2.59. The second-order valence-corrected chi connectivity index (χ2v) is 4.56. The Bertz CT molecular complexity index is 628. The van der Waals surface area contributed by atoms with Crippen molar-refractivity contribution in [2.75, 3.05) is 0 Å². The maximum Gasteiger partial charge on any atom is 0.0542 e. The van der Waals surface area contributed by atoms with Gasteiger partial charge in [0.2, 0.25) is 0 Å². The monoisotopic (exact) mass is 214 g/mol. The van der Waals surface area contributed by atoms with Gasteiger partial charge in [-0.2, -0.15) is 0 Å². The number of nitrogens with zero attached hydrogens (tertiary/aromatic N) is 1. The van der Waals surface area contributed by atoms with E-state index in [0.717, 1.165) is 5.56 Å². The van der Waals surface area contributed by atoms with Gasteiger partial charge in [0.1, 0.15) is 0 Å². The third kappa shape index (κ3) is 1.24. The van der Waals surface area contributed by atoms with E-state index in [4.69, 9.17) is 5.73 Å². The molecule has 2 heterocycles. The second-order valence-electron chi connectivity index (χ2n) is 3.47. The van der Waals surface area contributed by atoms with Gasteiger partial charge in [0.15, 0.2) is 0 Å². The Hall–Kier alpha value is -1.45. The summed E-state index contributed by atoms with van der Waals surface area (Å²) in [4.78, 5) is 4.21. The van der Waals surface area contributed by atoms with Crippen molar-refractivity contribution in [2.24, 2.45) is 5.73 Å². The van der Waals surface area contributed by atoms with E-state index in [-0.39, 0.29) is 0 Å². The van der Waals surface area contributed by atoms with Gasteiger partial charge in [-0.25, -0.2) is 0 Å². The van der Waals surface area contributed by atoms with Crippen molar-refractivity contribution in [2.45, 2.75) is 6.54 Å². The van der Waals surface area contributed by atoms with Gasteiger partial charge < -0.3 is 5.73 Å². The maximum absolute atomic E-state index is 5.73. The van der Waals surface area contributed by atoms with Crippen LogP contribution in [-0.4, -0.2) is 4.98 Å². The van der Waals surface area contributed by atoms with Crippen molar-refractivity contribution in [3.05, 3.63) is 42.2 Å². The molecule has 3 aromatic rings. The molecule has 0 amide bonds. The smallest absolute Gasteiger partial charge is 0.0542 e. The molecule has 0 spiro atoms. The molecular weight excluding hydrogens is 204 g/mol. The number of benzene rings is 1. The highest BCUT2D eigenvalue weighted by Gasteiger charge is 2.07. The van der Waals surface area contributed by atoms with Crippen molar-refractivity contribution in [3.8, 4) is 0 Å². The fraction of sp³-hybridized carbons (Fsp3) is 0.0833. The summed E-state index contributed by atoms with van der Waals surface area (Å²) in [6.45, 7) is 0.547. The second kappa shape index (κ2) is 3.29. The van der Waals surface area contributed by atoms with Gasteiger partial charge in [-0.1, -0.05) is 18.2 Å². The minimum Gasteiger partial charge on any atom is -0.326 e. The number of thiophene rings is 1. The third-order valence-corrected chi connectivity index (χ3v) is 3.69. The number of fused-ring (bicyclic) bond motifs is 3. The highest BCUT2D eigenvalue weighted by Crippen LogP contribution is 2.34. The van der Waals surface area contributed by atoms with Crippen molar-refractivity contribution in [3.63, 3.8) is 0 Å². The Balaban J connectivity index is 2.56. The van der Waals surface area contributed by atoms with Gasteiger partial charge in [-0.15, -0.1) is 11.3 Å². The predicted molar refractivity (Wildman–Crippen MR) is 65.0 cm³/mol. The average Bonchev–Trinajstić information content (AvgIpc) is 2.67. The molecule has 1 aromatic carbocycles. The zero-order valence-electron chi connectivity index (χ0n) is 8.10. The first-order valence-corrected chi connectivity index (χ1v) is 5.66. The lowest BCUT2D eigenvalue weighted by Gasteiger charge is -1.98. The molecule has 3 rings (SSSR count). The molecule has 0 fully saturated rings. The summed E-state index contributed by atoms with van der Waals surface area (Å²) in [6, 6.07) is 8.41. The number of hydrogen-bond donors (Lipinski definition) is 1. The molecule has 0 saturated carbocycles. The average molecular weight is 214 g/mol. The number of hydrogen-bond acceptors (Lipinski definition) is 3. The van der Waals surface area contributed by atoms with Crippen LogP contribution in [0.15, 0.2) is 36.7 Å². The zero-order chi connectivity index (χ0) is 10.3. The van der Waals surface area contributed by atoms with E-state index in [1.807, 2.05) is 12.4 Å². The summed E-state index contributed by atoms with van der Waals surface area (Å²) in [7, 11) is 0. The van der Waals surface area contributed by atoms with Gasteiger partial charge in [-0.05, 0) is 11.6 Å². The number of nitrogens with two attached hydrogens (primary N) is 1. The Morgan fingerprint density at radius 2 is 2.00 bits per heavy atom. The molecule has 2 nitrogen and oxygen atoms in total. The van der Waals surface area contributed by atoms with Crippen LogP contribution in [0.25, 0.3) is 20.2 Å². The van der Waals surface area contributed by atoms with E-state index in [1.165, 1.54) is 20.2 Å². The molecular formula is C12H10N2S. The van der Waals surface area contributed by atoms with E-state index in [9.17, 15) is 0 Å². The fourth-order valence-electron chi connectivity index (χ4n) is 1.90. The number of pyridine rings is 1. The molecule has 0 atom stereocenters. The number of aromatic nitrogens is 1. The standard InChI is InChI=1S/C12H10N2S/c13-5-8-6-14-7-11-12(8)9-3-1-2-4-10(9)15-11/h1-4,6-7H,5,13H2. The molecule has 0 aliphatic rings. The van der Waals surface area contributed by atoms with Gasteiger partial charge in [-0.3, -0.25) is 4.98 Å². The highest BCUT2D eigenvalue weighted by molar-refractivity contribution is 7.25. The summed E-state index contributed by atoms with van der Waals surface area (Å²) in [5, 5.41) is 2.56. The number of rotatable bonds is 1. The van der Waals surface area contributed by atoms with Gasteiger partial charge in [0.05, 0.1) is 4.70 Å². The van der Waals surface area contributed by atoms with Crippen LogP contribution in [0.3, 0.4) is 0 Å². The highest BCUT2D eigenvalue weighted by atomic mass is 32.1. The van der Waals surface area contributed by atoms with Gasteiger partial charge in [0, 0.05) is 34.4 Å². The first-order chi connectivity index (χ1) is 7.40. The Kier molecular flexibility index (Phi) is 1.94. The van der Waals surface area contributed by atoms with Crippen LogP contribution in [0.4, 0.5) is 0 Å². The minimum absolute atomic E-state index is 0.547. The van der Waals surface area contributed by atoms with Crippen LogP contribution in [0.2, 0.25) is 0 Å². The van der Waals surface area contributed by atoms with E-state index >= 15 is 0 Å². The molecule has 3 heteroatoms. The Morgan fingerprint density at radius 3 is 2.87 bits per heavy atom. The maximum atomic E-state index is 5.73. The quantitative estimate of drug-likeness (QED) is 0.676. The van der Waals surface area contributed by atoms with Crippen molar-refractivity contribution >= 4 is 31.5 Å². The van der Waals surface area contributed by atoms with Gasteiger partial charge >= 0.3 is 0 Å². The molecule has 0 radical (unpaired) electrons. The first-order valence-electron chi connectivity index (χ1n) is 4.84. The Labute approximate surface area is 91.4 Å². The molecule has 0 aliphatic carbocycles. The van der Waals surface area contributed by atoms with Gasteiger partial charge in [0.25, 0.3) is 0 Å². The van der Waals surface area contributed by atoms with Crippen LogP contribution >= 0.6 is 11.3 Å². The molecule has 15 heavy (non-hydrogen) atoms. The summed E-state index contributed by atoms with van der Waals surface area (Å²) in [6.07, 6.45) is 3.78. The molecule has 74 valence electrons. The topological polar surface area (TPSA) is 38.9 Å². The summed E-state index contributed by atoms with van der Waals surface area (Å²) < 4.78 is 2.52. The lowest BCUT2D eigenvalue weighted by molar-refractivity contribution is 1.07. The van der Waals surface area contributed by atoms with Crippen LogP contribution < -0.4 is 5.73 Å². The van der Waals surface area contributed by atoms with E-state index < -0.39 is 0 Å². The molecule has 0 bridgehead atoms. The fourth-order valence-corrected chi connectivity index (χ4v) is 3.02. The summed E-state index contributed by atoms with van der Waals surface area (Å²) in [5.74, 6) is 0. The first kappa shape index (κ1) is 8.83. The van der Waals surface area contributed by atoms with Crippen LogP contribution in [-0.2, 0) is 6.54 Å². The van der Waals surface area contributed by atoms with E-state index in [0.29, 0.717) is 6.54 Å². The van der Waals surface area contributed by atoms with Crippen molar-refractivity contribution in [1.29, 1.82) is 0 Å². The zero-order valence-corrected chi connectivity index (χ0v) is 8.92. The lowest BCUT2D eigenvalue weighted by atomic mass is 10.1. The van der Waals surface area contributed by atoms with E-state index in [2.05, 4.69) is 29.2 Å². The summed E-state index contributed by atoms with van der Waals surface area (Å²) >= 11 is 1.77.